The first-order chi connectivity index (χ1) is 12.6. The summed E-state index contributed by atoms with van der Waals surface area (Å²) in [6, 6.07) is 5.32. The first kappa shape index (κ1) is 18.1. The summed E-state index contributed by atoms with van der Waals surface area (Å²) in [5.74, 6) is 1.63. The fourth-order valence-corrected chi connectivity index (χ4v) is 5.73. The number of guanidine groups is 1. The zero-order chi connectivity index (χ0) is 18.1. The van der Waals surface area contributed by atoms with Gasteiger partial charge in [0.25, 0.3) is 0 Å². The topological polar surface area (TPSA) is 48.9 Å². The van der Waals surface area contributed by atoms with E-state index in [1.54, 1.807) is 0 Å². The summed E-state index contributed by atoms with van der Waals surface area (Å²) < 4.78 is 5.93. The van der Waals surface area contributed by atoms with Gasteiger partial charge < -0.3 is 20.3 Å². The lowest BCUT2D eigenvalue weighted by atomic mass is 9.57. The van der Waals surface area contributed by atoms with Gasteiger partial charge in [-0.1, -0.05) is 13.8 Å². The van der Waals surface area contributed by atoms with Gasteiger partial charge in [-0.05, 0) is 43.7 Å². The molecule has 0 bridgehead atoms. The van der Waals surface area contributed by atoms with Gasteiger partial charge in [0, 0.05) is 49.7 Å². The van der Waals surface area contributed by atoms with E-state index >= 15 is 0 Å². The Labute approximate surface area is 161 Å². The van der Waals surface area contributed by atoms with Crippen molar-refractivity contribution in [3.05, 3.63) is 17.5 Å². The molecule has 1 aromatic heterocycles. The smallest absolute Gasteiger partial charge is 0.191 e. The van der Waals surface area contributed by atoms with Crippen LogP contribution >= 0.6 is 11.3 Å². The largest absolute Gasteiger partial charge is 0.377 e. The highest BCUT2D eigenvalue weighted by Crippen LogP contribution is 2.52. The lowest BCUT2D eigenvalue weighted by Gasteiger charge is -2.55. The number of nitrogens with zero attached hydrogens (tertiary/aromatic N) is 2. The molecule has 2 saturated heterocycles. The van der Waals surface area contributed by atoms with E-state index < -0.39 is 0 Å². The standard InChI is InChI=1S/C20H32N4OS/c1-4-21-19(23-17-15-9-12-25-18(15)20(17,2)3)22-14-7-10-24(11-8-14)16-6-5-13-26-16/h5-6,13-15,17-18H,4,7-12H2,1-3H3,(H2,21,22,23). The second-order valence-corrected chi connectivity index (χ2v) is 9.29. The first-order valence-electron chi connectivity index (χ1n) is 10.1. The number of ether oxygens (including phenoxy) is 1. The Kier molecular flexibility index (Phi) is 5.15. The fourth-order valence-electron chi connectivity index (χ4n) is 4.94. The highest BCUT2D eigenvalue weighted by atomic mass is 32.1. The van der Waals surface area contributed by atoms with Crippen LogP contribution in [0, 0.1) is 11.3 Å². The molecule has 1 aliphatic carbocycles. The molecular formula is C20H32N4OS. The van der Waals surface area contributed by atoms with Crippen LogP contribution in [0.1, 0.15) is 40.0 Å². The number of fused-ring (bicyclic) bond motifs is 1. The van der Waals surface area contributed by atoms with Crippen LogP contribution in [-0.2, 0) is 4.74 Å². The predicted octanol–water partition coefficient (Wildman–Crippen LogP) is 3.09. The van der Waals surface area contributed by atoms with Crippen molar-refractivity contribution in [1.82, 2.24) is 10.6 Å². The predicted molar refractivity (Wildman–Crippen MR) is 109 cm³/mol. The molecular weight excluding hydrogens is 344 g/mol. The van der Waals surface area contributed by atoms with Crippen molar-refractivity contribution in [1.29, 1.82) is 0 Å². The van der Waals surface area contributed by atoms with E-state index in [1.165, 1.54) is 11.4 Å². The van der Waals surface area contributed by atoms with E-state index in [0.717, 1.165) is 45.0 Å². The molecule has 3 aliphatic rings. The second kappa shape index (κ2) is 7.39. The van der Waals surface area contributed by atoms with Crippen molar-refractivity contribution >= 4 is 22.3 Å². The van der Waals surface area contributed by atoms with E-state index in [-0.39, 0.29) is 5.41 Å². The van der Waals surface area contributed by atoms with Gasteiger partial charge in [-0.25, -0.2) is 0 Å². The Morgan fingerprint density at radius 2 is 2.12 bits per heavy atom. The molecule has 1 saturated carbocycles. The van der Waals surface area contributed by atoms with Crippen molar-refractivity contribution in [2.24, 2.45) is 16.3 Å². The number of piperidine rings is 1. The van der Waals surface area contributed by atoms with Crippen LogP contribution in [0.5, 0.6) is 0 Å². The van der Waals surface area contributed by atoms with Crippen molar-refractivity contribution in [2.75, 3.05) is 31.1 Å². The Morgan fingerprint density at radius 3 is 2.81 bits per heavy atom. The summed E-state index contributed by atoms with van der Waals surface area (Å²) in [5, 5.41) is 11.0. The van der Waals surface area contributed by atoms with E-state index in [4.69, 9.17) is 9.73 Å². The Hall–Kier alpha value is -1.27. The number of rotatable bonds is 4. The molecule has 1 aromatic rings. The Balaban J connectivity index is 1.33. The van der Waals surface area contributed by atoms with Crippen LogP contribution in [0.25, 0.3) is 0 Å². The van der Waals surface area contributed by atoms with E-state index in [1.807, 2.05) is 11.3 Å². The minimum Gasteiger partial charge on any atom is -0.377 e. The van der Waals surface area contributed by atoms with Gasteiger partial charge in [0.2, 0.25) is 0 Å². The Bertz CT molecular complexity index is 622. The number of hydrogen-bond donors (Lipinski definition) is 2. The van der Waals surface area contributed by atoms with Gasteiger partial charge in [-0.3, -0.25) is 4.99 Å². The summed E-state index contributed by atoms with van der Waals surface area (Å²) in [7, 11) is 0. The average Bonchev–Trinajstić information content (AvgIpc) is 3.31. The third-order valence-electron chi connectivity index (χ3n) is 6.36. The highest BCUT2D eigenvalue weighted by molar-refractivity contribution is 7.14. The lowest BCUT2D eigenvalue weighted by Crippen LogP contribution is -2.68. The second-order valence-electron chi connectivity index (χ2n) is 8.37. The SMILES string of the molecule is CCN=C(NC1CCN(c2cccs2)CC1)NC1C2CCOC2C1(C)C. The summed E-state index contributed by atoms with van der Waals surface area (Å²) in [5.41, 5.74) is 0.180. The van der Waals surface area contributed by atoms with Crippen LogP contribution in [-0.4, -0.2) is 50.4 Å². The monoisotopic (exact) mass is 376 g/mol. The van der Waals surface area contributed by atoms with Crippen molar-refractivity contribution in [2.45, 2.75) is 58.2 Å². The van der Waals surface area contributed by atoms with Gasteiger partial charge in [-0.2, -0.15) is 0 Å². The van der Waals surface area contributed by atoms with Gasteiger partial charge in [0.05, 0.1) is 11.1 Å². The summed E-state index contributed by atoms with van der Waals surface area (Å²) in [6.07, 6.45) is 3.90. The zero-order valence-corrected chi connectivity index (χ0v) is 17.0. The minimum absolute atomic E-state index is 0.180. The number of nitrogens with one attached hydrogen (secondary N) is 2. The molecule has 2 aliphatic heterocycles. The highest BCUT2D eigenvalue weighted by Gasteiger charge is 2.59. The third-order valence-corrected chi connectivity index (χ3v) is 7.29. The minimum atomic E-state index is 0.180. The normalized spacial score (nSPS) is 31.4. The summed E-state index contributed by atoms with van der Waals surface area (Å²) in [4.78, 5) is 7.23. The Morgan fingerprint density at radius 1 is 1.31 bits per heavy atom. The maximum Gasteiger partial charge on any atom is 0.191 e. The first-order valence-corrected chi connectivity index (χ1v) is 10.9. The van der Waals surface area contributed by atoms with Crippen molar-refractivity contribution in [3.63, 3.8) is 0 Å². The average molecular weight is 377 g/mol. The molecule has 6 heteroatoms. The number of hydrogen-bond acceptors (Lipinski definition) is 4. The van der Waals surface area contributed by atoms with E-state index in [2.05, 4.69) is 53.8 Å². The molecule has 3 heterocycles. The quantitative estimate of drug-likeness (QED) is 0.626. The molecule has 144 valence electrons. The van der Waals surface area contributed by atoms with Crippen LogP contribution in [0.3, 0.4) is 0 Å². The molecule has 3 fully saturated rings. The number of anilines is 1. The summed E-state index contributed by atoms with van der Waals surface area (Å²) in [6.45, 7) is 10.7. The maximum absolute atomic E-state index is 5.93. The van der Waals surface area contributed by atoms with Gasteiger partial charge in [0.1, 0.15) is 0 Å². The van der Waals surface area contributed by atoms with Crippen LogP contribution in [0.15, 0.2) is 22.5 Å². The van der Waals surface area contributed by atoms with Gasteiger partial charge in [-0.15, -0.1) is 11.3 Å². The third kappa shape index (κ3) is 3.33. The number of thiophene rings is 1. The maximum atomic E-state index is 5.93. The molecule has 0 spiro atoms. The molecule has 0 radical (unpaired) electrons. The summed E-state index contributed by atoms with van der Waals surface area (Å²) >= 11 is 1.84. The molecule has 2 N–H and O–H groups in total. The molecule has 3 unspecified atom stereocenters. The van der Waals surface area contributed by atoms with Gasteiger partial charge >= 0.3 is 0 Å². The van der Waals surface area contributed by atoms with E-state index in [9.17, 15) is 0 Å². The van der Waals surface area contributed by atoms with E-state index in [0.29, 0.717) is 24.1 Å². The van der Waals surface area contributed by atoms with Crippen molar-refractivity contribution in [3.8, 4) is 0 Å². The number of aliphatic imine (C=N–C) groups is 1. The molecule has 0 amide bonds. The van der Waals surface area contributed by atoms with Crippen LogP contribution in [0.4, 0.5) is 5.00 Å². The molecule has 26 heavy (non-hydrogen) atoms. The lowest BCUT2D eigenvalue weighted by molar-refractivity contribution is -0.106. The fraction of sp³-hybridized carbons (Fsp3) is 0.750. The molecule has 0 aromatic carbocycles. The molecule has 3 atom stereocenters. The van der Waals surface area contributed by atoms with Crippen LogP contribution in [0.2, 0.25) is 0 Å². The molecule has 5 nitrogen and oxygen atoms in total. The molecule has 4 rings (SSSR count). The van der Waals surface area contributed by atoms with Gasteiger partial charge in [0.15, 0.2) is 5.96 Å². The van der Waals surface area contributed by atoms with Crippen LogP contribution < -0.4 is 15.5 Å². The van der Waals surface area contributed by atoms with Crippen molar-refractivity contribution < 1.29 is 4.74 Å². The zero-order valence-electron chi connectivity index (χ0n) is 16.2.